The number of likely N-dealkylation sites (tertiary alicyclic amines) is 1. The minimum atomic E-state index is -0.517. The van der Waals surface area contributed by atoms with E-state index in [1.54, 1.807) is 23.2 Å². The molecular formula is C28H33FN4O5S2. The second kappa shape index (κ2) is 13.3. The fraction of sp³-hybridized carbons (Fsp3) is 0.429. The van der Waals surface area contributed by atoms with Gasteiger partial charge in [-0.25, -0.2) is 19.2 Å². The lowest BCUT2D eigenvalue weighted by Gasteiger charge is -2.32. The molecule has 3 heterocycles. The predicted molar refractivity (Wildman–Crippen MR) is 153 cm³/mol. The highest BCUT2D eigenvalue weighted by Gasteiger charge is 2.28. The van der Waals surface area contributed by atoms with E-state index in [1.165, 1.54) is 42.3 Å². The van der Waals surface area contributed by atoms with Crippen molar-refractivity contribution in [2.45, 2.75) is 56.4 Å². The second-order valence-corrected chi connectivity index (χ2v) is 12.2. The third-order valence-corrected chi connectivity index (χ3v) is 7.72. The van der Waals surface area contributed by atoms with Crippen molar-refractivity contribution in [3.05, 3.63) is 53.4 Å². The maximum absolute atomic E-state index is 13.4. The molecule has 3 aromatic rings. The average molecular weight is 589 g/mol. The van der Waals surface area contributed by atoms with Crippen molar-refractivity contribution in [3.63, 3.8) is 0 Å². The number of nitrogens with one attached hydrogen (secondary N) is 1. The Balaban J connectivity index is 1.43. The Kier molecular flexibility index (Phi) is 9.85. The van der Waals surface area contributed by atoms with Crippen molar-refractivity contribution in [2.24, 2.45) is 0 Å². The van der Waals surface area contributed by atoms with E-state index in [0.717, 1.165) is 23.4 Å². The number of pyridine rings is 1. The fourth-order valence-corrected chi connectivity index (χ4v) is 5.59. The van der Waals surface area contributed by atoms with Gasteiger partial charge in [0.15, 0.2) is 16.7 Å². The molecule has 0 radical (unpaired) electrons. The normalized spacial score (nSPS) is 14.1. The summed E-state index contributed by atoms with van der Waals surface area (Å²) in [5.41, 5.74) is 0.448. The van der Waals surface area contributed by atoms with Gasteiger partial charge >= 0.3 is 12.1 Å². The molecule has 0 atom stereocenters. The number of hydrogen-bond acceptors (Lipinski definition) is 10. The molecule has 0 saturated carbocycles. The lowest BCUT2D eigenvalue weighted by atomic mass is 9.94. The molecule has 40 heavy (non-hydrogen) atoms. The first kappa shape index (κ1) is 29.6. The number of aromatic nitrogens is 2. The topological polar surface area (TPSA) is 103 Å². The number of nitrogens with zero attached hydrogens (tertiary/aromatic N) is 3. The monoisotopic (exact) mass is 588 g/mol. The van der Waals surface area contributed by atoms with Crippen molar-refractivity contribution in [3.8, 4) is 11.5 Å². The van der Waals surface area contributed by atoms with Crippen LogP contribution in [0.2, 0.25) is 0 Å². The third kappa shape index (κ3) is 8.56. The minimum absolute atomic E-state index is 0.238. The van der Waals surface area contributed by atoms with Crippen LogP contribution < -0.4 is 10.1 Å². The van der Waals surface area contributed by atoms with E-state index in [1.807, 2.05) is 32.2 Å². The summed E-state index contributed by atoms with van der Waals surface area (Å²) in [6, 6.07) is 7.56. The lowest BCUT2D eigenvalue weighted by Crippen LogP contribution is -2.41. The van der Waals surface area contributed by atoms with Crippen LogP contribution in [0.5, 0.6) is 11.5 Å². The highest BCUT2D eigenvalue weighted by atomic mass is 32.2. The number of rotatable bonds is 9. The summed E-state index contributed by atoms with van der Waals surface area (Å²) >= 11 is 2.92. The highest BCUT2D eigenvalue weighted by molar-refractivity contribution is 7.99. The van der Waals surface area contributed by atoms with Gasteiger partial charge in [-0.15, -0.1) is 23.1 Å². The molecule has 1 aromatic carbocycles. The van der Waals surface area contributed by atoms with E-state index < -0.39 is 5.60 Å². The van der Waals surface area contributed by atoms with Gasteiger partial charge in [-0.3, -0.25) is 4.79 Å². The standard InChI is InChI=1S/C28H33FN4O5S2/c1-28(2,3)38-27(35)33-12-9-18(10-13-33)22-17-40-26(31-22)32-25-23(37-20-7-5-19(29)6-8-20)15-21(16-30-25)39-14-11-24(34)36-4/h5-8,15-18H,9-14H2,1-4H3,(H,30,31,32). The Labute approximate surface area is 241 Å². The van der Waals surface area contributed by atoms with Gasteiger partial charge in [-0.1, -0.05) is 0 Å². The third-order valence-electron chi connectivity index (χ3n) is 5.98. The summed E-state index contributed by atoms with van der Waals surface area (Å²) in [4.78, 5) is 35.7. The Morgan fingerprint density at radius 2 is 1.93 bits per heavy atom. The molecule has 0 unspecified atom stereocenters. The van der Waals surface area contributed by atoms with Crippen LogP contribution in [0.25, 0.3) is 0 Å². The number of thiazole rings is 1. The van der Waals surface area contributed by atoms with E-state index in [-0.39, 0.29) is 30.2 Å². The Hall–Kier alpha value is -3.38. The van der Waals surface area contributed by atoms with E-state index >= 15 is 0 Å². The van der Waals surface area contributed by atoms with Gasteiger partial charge < -0.3 is 24.4 Å². The first-order valence-electron chi connectivity index (χ1n) is 12.9. The molecule has 0 bridgehead atoms. The van der Waals surface area contributed by atoms with Gasteiger partial charge in [0.05, 0.1) is 19.2 Å². The van der Waals surface area contributed by atoms with Crippen LogP contribution in [0, 0.1) is 5.82 Å². The van der Waals surface area contributed by atoms with Gasteiger partial charge in [0, 0.05) is 41.2 Å². The summed E-state index contributed by atoms with van der Waals surface area (Å²) in [5, 5.41) is 5.94. The molecule has 1 fully saturated rings. The van der Waals surface area contributed by atoms with E-state index in [0.29, 0.717) is 41.3 Å². The molecule has 2 aromatic heterocycles. The summed E-state index contributed by atoms with van der Waals surface area (Å²) < 4.78 is 29.7. The van der Waals surface area contributed by atoms with Gasteiger partial charge in [-0.05, 0) is 63.9 Å². The maximum Gasteiger partial charge on any atom is 0.410 e. The molecule has 4 rings (SSSR count). The summed E-state index contributed by atoms with van der Waals surface area (Å²) in [5.74, 6) is 1.49. The molecule has 9 nitrogen and oxygen atoms in total. The van der Waals surface area contributed by atoms with Crippen molar-refractivity contribution in [2.75, 3.05) is 31.3 Å². The number of carbonyl (C=O) groups excluding carboxylic acids is 2. The zero-order chi connectivity index (χ0) is 28.7. The minimum Gasteiger partial charge on any atom is -0.469 e. The summed E-state index contributed by atoms with van der Waals surface area (Å²) in [7, 11) is 1.36. The van der Waals surface area contributed by atoms with Gasteiger partial charge in [0.1, 0.15) is 17.2 Å². The molecule has 1 N–H and O–H groups in total. The largest absolute Gasteiger partial charge is 0.469 e. The first-order valence-corrected chi connectivity index (χ1v) is 14.8. The predicted octanol–water partition coefficient (Wildman–Crippen LogP) is 6.98. The fourth-order valence-electron chi connectivity index (χ4n) is 3.98. The van der Waals surface area contributed by atoms with Gasteiger partial charge in [0.25, 0.3) is 0 Å². The van der Waals surface area contributed by atoms with E-state index in [2.05, 4.69) is 10.3 Å². The number of amides is 1. The van der Waals surface area contributed by atoms with Crippen molar-refractivity contribution >= 4 is 46.1 Å². The molecule has 0 aliphatic carbocycles. The molecule has 214 valence electrons. The lowest BCUT2D eigenvalue weighted by molar-refractivity contribution is -0.140. The molecular weight excluding hydrogens is 555 g/mol. The van der Waals surface area contributed by atoms with Crippen LogP contribution in [0.15, 0.2) is 46.8 Å². The van der Waals surface area contributed by atoms with Crippen LogP contribution in [-0.2, 0) is 14.3 Å². The Bertz CT molecular complexity index is 1300. The van der Waals surface area contributed by atoms with E-state index in [4.69, 9.17) is 19.2 Å². The zero-order valence-corrected chi connectivity index (χ0v) is 24.6. The van der Waals surface area contributed by atoms with Crippen LogP contribution >= 0.6 is 23.1 Å². The molecule has 0 spiro atoms. The molecule has 1 aliphatic heterocycles. The quantitative estimate of drug-likeness (QED) is 0.209. The van der Waals surface area contributed by atoms with E-state index in [9.17, 15) is 14.0 Å². The number of ether oxygens (including phenoxy) is 3. The van der Waals surface area contributed by atoms with Crippen LogP contribution in [0.1, 0.15) is 51.6 Å². The number of methoxy groups -OCH3 is 1. The number of anilines is 2. The number of benzene rings is 1. The number of halogens is 1. The van der Waals surface area contributed by atoms with Crippen LogP contribution in [0.3, 0.4) is 0 Å². The number of piperidine rings is 1. The van der Waals surface area contributed by atoms with Crippen LogP contribution in [0.4, 0.5) is 20.1 Å². The average Bonchev–Trinajstić information content (AvgIpc) is 3.39. The molecule has 1 aliphatic rings. The SMILES string of the molecule is COC(=O)CCSc1cnc(Nc2nc(C3CCN(C(=O)OC(C)(C)C)CC3)cs2)c(Oc2ccc(F)cc2)c1. The van der Waals surface area contributed by atoms with Gasteiger partial charge in [0.2, 0.25) is 0 Å². The van der Waals surface area contributed by atoms with Crippen molar-refractivity contribution < 1.29 is 28.2 Å². The number of esters is 1. The highest BCUT2D eigenvalue weighted by Crippen LogP contribution is 2.36. The Morgan fingerprint density at radius 3 is 2.60 bits per heavy atom. The number of thioether (sulfide) groups is 1. The zero-order valence-electron chi connectivity index (χ0n) is 22.9. The van der Waals surface area contributed by atoms with Gasteiger partial charge in [-0.2, -0.15) is 0 Å². The smallest absolute Gasteiger partial charge is 0.410 e. The number of carbonyl (C=O) groups is 2. The number of hydrogen-bond donors (Lipinski definition) is 1. The van der Waals surface area contributed by atoms with Crippen LogP contribution in [-0.4, -0.2) is 58.5 Å². The first-order chi connectivity index (χ1) is 19.1. The Morgan fingerprint density at radius 1 is 1.20 bits per heavy atom. The molecule has 12 heteroatoms. The summed E-state index contributed by atoms with van der Waals surface area (Å²) in [6.07, 6.45) is 3.29. The van der Waals surface area contributed by atoms with Crippen molar-refractivity contribution in [1.82, 2.24) is 14.9 Å². The second-order valence-electron chi connectivity index (χ2n) is 10.2. The molecule has 1 amide bonds. The maximum atomic E-state index is 13.4. The molecule has 1 saturated heterocycles. The summed E-state index contributed by atoms with van der Waals surface area (Å²) in [6.45, 7) is 6.83. The van der Waals surface area contributed by atoms with Crippen molar-refractivity contribution in [1.29, 1.82) is 0 Å².